The molecular weight excluding hydrogens is 370 g/mol. The van der Waals surface area contributed by atoms with Gasteiger partial charge in [-0.05, 0) is 36.6 Å². The van der Waals surface area contributed by atoms with Crippen LogP contribution in [0.4, 0.5) is 0 Å². The Balaban J connectivity index is 1.66. The lowest BCUT2D eigenvalue weighted by Gasteiger charge is -2.17. The molecule has 29 heavy (non-hydrogen) atoms. The van der Waals surface area contributed by atoms with E-state index in [2.05, 4.69) is 5.32 Å². The Kier molecular flexibility index (Phi) is 4.94. The summed E-state index contributed by atoms with van der Waals surface area (Å²) in [6.07, 6.45) is 1.53. The maximum atomic E-state index is 12.6. The lowest BCUT2D eigenvalue weighted by Crippen LogP contribution is -2.33. The highest BCUT2D eigenvalue weighted by Gasteiger charge is 2.19. The normalized spacial score (nSPS) is 12.4. The van der Waals surface area contributed by atoms with Gasteiger partial charge in [0.15, 0.2) is 0 Å². The number of furan rings is 1. The average molecular weight is 391 g/mol. The van der Waals surface area contributed by atoms with Gasteiger partial charge in [0, 0.05) is 16.8 Å². The number of aliphatic hydroxyl groups is 1. The molecule has 0 aliphatic carbocycles. The van der Waals surface area contributed by atoms with Gasteiger partial charge in [-0.3, -0.25) is 4.79 Å². The molecule has 0 saturated carbocycles. The van der Waals surface area contributed by atoms with Crippen molar-refractivity contribution in [3.63, 3.8) is 0 Å². The summed E-state index contributed by atoms with van der Waals surface area (Å²) in [5, 5.41) is 14.1. The first kappa shape index (κ1) is 19.0. The topological polar surface area (TPSA) is 92.7 Å². The largest absolute Gasteiger partial charge is 0.464 e. The van der Waals surface area contributed by atoms with Gasteiger partial charge in [0.25, 0.3) is 0 Å². The molecule has 2 N–H and O–H groups in total. The van der Waals surface area contributed by atoms with E-state index in [1.807, 2.05) is 50.2 Å². The molecule has 1 amide bonds. The van der Waals surface area contributed by atoms with Gasteiger partial charge < -0.3 is 19.3 Å². The van der Waals surface area contributed by atoms with Crippen molar-refractivity contribution in [2.45, 2.75) is 26.3 Å². The highest BCUT2D eigenvalue weighted by Crippen LogP contribution is 2.28. The minimum atomic E-state index is -0.548. The number of carbonyl (C=O) groups is 1. The molecule has 2 aromatic heterocycles. The van der Waals surface area contributed by atoms with E-state index in [0.717, 1.165) is 21.9 Å². The van der Waals surface area contributed by atoms with Crippen LogP contribution in [-0.2, 0) is 11.2 Å². The Morgan fingerprint density at radius 1 is 1.10 bits per heavy atom. The van der Waals surface area contributed by atoms with Crippen LogP contribution in [0.2, 0.25) is 0 Å². The van der Waals surface area contributed by atoms with Crippen molar-refractivity contribution >= 4 is 27.8 Å². The summed E-state index contributed by atoms with van der Waals surface area (Å²) in [4.78, 5) is 25.1. The third-order valence-corrected chi connectivity index (χ3v) is 5.23. The van der Waals surface area contributed by atoms with Crippen LogP contribution in [0.3, 0.4) is 0 Å². The molecule has 6 nitrogen and oxygen atoms in total. The number of fused-ring (bicyclic) bond motifs is 2. The zero-order chi connectivity index (χ0) is 20.5. The maximum Gasteiger partial charge on any atom is 0.340 e. The van der Waals surface area contributed by atoms with Gasteiger partial charge in [-0.1, -0.05) is 30.3 Å². The van der Waals surface area contributed by atoms with Crippen molar-refractivity contribution < 1.29 is 18.7 Å². The van der Waals surface area contributed by atoms with Crippen LogP contribution >= 0.6 is 0 Å². The van der Waals surface area contributed by atoms with Crippen molar-refractivity contribution in [3.8, 4) is 0 Å². The van der Waals surface area contributed by atoms with Crippen molar-refractivity contribution in [2.24, 2.45) is 0 Å². The molecule has 0 aliphatic rings. The molecule has 0 aliphatic heterocycles. The summed E-state index contributed by atoms with van der Waals surface area (Å²) in [6, 6.07) is 12.3. The fourth-order valence-electron chi connectivity index (χ4n) is 3.57. The van der Waals surface area contributed by atoms with Crippen LogP contribution in [0, 0.1) is 13.8 Å². The van der Waals surface area contributed by atoms with Crippen LogP contribution in [-0.4, -0.2) is 17.6 Å². The quantitative estimate of drug-likeness (QED) is 0.508. The highest BCUT2D eigenvalue weighted by atomic mass is 16.4. The molecule has 148 valence electrons. The molecule has 0 fully saturated rings. The Labute approximate surface area is 166 Å². The van der Waals surface area contributed by atoms with Crippen LogP contribution in [0.15, 0.2) is 62.4 Å². The Morgan fingerprint density at radius 3 is 2.59 bits per heavy atom. The standard InChI is InChI=1S/C23H21NO5/c1-13-12-28-20-10-21-17(8-16(13)20)14(2)18(23(27)29-21)9-22(26)24-19(11-25)15-6-4-3-5-7-15/h3-8,10,12,19,25H,9,11H2,1-2H3,(H,24,26)/t19-/m0/s1. The van der Waals surface area contributed by atoms with Gasteiger partial charge in [0.2, 0.25) is 5.91 Å². The highest BCUT2D eigenvalue weighted by molar-refractivity contribution is 5.96. The van der Waals surface area contributed by atoms with E-state index in [9.17, 15) is 14.7 Å². The van der Waals surface area contributed by atoms with Gasteiger partial charge in [-0.15, -0.1) is 0 Å². The number of hydrogen-bond acceptors (Lipinski definition) is 5. The maximum absolute atomic E-state index is 12.6. The number of hydrogen-bond donors (Lipinski definition) is 2. The number of amides is 1. The van der Waals surface area contributed by atoms with Gasteiger partial charge in [-0.2, -0.15) is 0 Å². The predicted octanol–water partition coefficient (Wildman–Crippen LogP) is 3.55. The van der Waals surface area contributed by atoms with Crippen LogP contribution in [0.25, 0.3) is 21.9 Å². The molecule has 1 atom stereocenters. The number of aryl methyl sites for hydroxylation is 2. The van der Waals surface area contributed by atoms with Gasteiger partial charge >= 0.3 is 5.63 Å². The Morgan fingerprint density at radius 2 is 1.86 bits per heavy atom. The van der Waals surface area contributed by atoms with E-state index in [1.54, 1.807) is 12.3 Å². The van der Waals surface area contributed by atoms with Crippen LogP contribution in [0.5, 0.6) is 0 Å². The molecule has 6 heteroatoms. The second-order valence-electron chi connectivity index (χ2n) is 7.15. The van der Waals surface area contributed by atoms with Crippen LogP contribution in [0.1, 0.15) is 28.3 Å². The molecule has 0 spiro atoms. The SMILES string of the molecule is Cc1coc2cc3oc(=O)c(CC(=O)N[C@@H](CO)c4ccccc4)c(C)c3cc12. The number of nitrogens with one attached hydrogen (secondary N) is 1. The third-order valence-electron chi connectivity index (χ3n) is 5.23. The second kappa shape index (κ2) is 7.56. The second-order valence-corrected chi connectivity index (χ2v) is 7.15. The van der Waals surface area contributed by atoms with Gasteiger partial charge in [-0.25, -0.2) is 4.79 Å². The minimum absolute atomic E-state index is 0.129. The van der Waals surface area contributed by atoms with E-state index in [4.69, 9.17) is 8.83 Å². The number of aliphatic hydroxyl groups excluding tert-OH is 1. The first-order chi connectivity index (χ1) is 14.0. The summed E-state index contributed by atoms with van der Waals surface area (Å²) in [6.45, 7) is 3.52. The van der Waals surface area contributed by atoms with E-state index in [1.165, 1.54) is 0 Å². The first-order valence-corrected chi connectivity index (χ1v) is 9.37. The molecule has 2 aromatic carbocycles. The average Bonchev–Trinajstić information content (AvgIpc) is 3.08. The predicted molar refractivity (Wildman–Crippen MR) is 110 cm³/mol. The summed E-state index contributed by atoms with van der Waals surface area (Å²) < 4.78 is 10.9. The van der Waals surface area contributed by atoms with E-state index < -0.39 is 11.7 Å². The molecule has 2 heterocycles. The summed E-state index contributed by atoms with van der Waals surface area (Å²) in [7, 11) is 0. The first-order valence-electron chi connectivity index (χ1n) is 9.37. The number of rotatable bonds is 5. The minimum Gasteiger partial charge on any atom is -0.464 e. The van der Waals surface area contributed by atoms with E-state index in [-0.39, 0.29) is 18.9 Å². The smallest absolute Gasteiger partial charge is 0.340 e. The summed E-state index contributed by atoms with van der Waals surface area (Å²) in [5.74, 6) is -0.358. The van der Waals surface area contributed by atoms with Crippen molar-refractivity contribution in [1.29, 1.82) is 0 Å². The molecule has 4 rings (SSSR count). The molecule has 0 unspecified atom stereocenters. The van der Waals surface area contributed by atoms with E-state index in [0.29, 0.717) is 22.3 Å². The number of benzene rings is 2. The molecular formula is C23H21NO5. The van der Waals surface area contributed by atoms with Crippen molar-refractivity contribution in [3.05, 3.63) is 81.4 Å². The molecule has 0 radical (unpaired) electrons. The Hall–Kier alpha value is -3.38. The summed E-state index contributed by atoms with van der Waals surface area (Å²) in [5.41, 5.74) is 3.32. The third kappa shape index (κ3) is 3.54. The van der Waals surface area contributed by atoms with Crippen molar-refractivity contribution in [2.75, 3.05) is 6.61 Å². The van der Waals surface area contributed by atoms with E-state index >= 15 is 0 Å². The summed E-state index contributed by atoms with van der Waals surface area (Å²) >= 11 is 0. The fraction of sp³-hybridized carbons (Fsp3) is 0.217. The molecule has 4 aromatic rings. The zero-order valence-corrected chi connectivity index (χ0v) is 16.2. The molecule has 0 saturated heterocycles. The lowest BCUT2D eigenvalue weighted by atomic mass is 10.0. The lowest BCUT2D eigenvalue weighted by molar-refractivity contribution is -0.121. The molecule has 0 bridgehead atoms. The number of carbonyl (C=O) groups excluding carboxylic acids is 1. The zero-order valence-electron chi connectivity index (χ0n) is 16.2. The fourth-order valence-corrected chi connectivity index (χ4v) is 3.57. The monoisotopic (exact) mass is 391 g/mol. The van der Waals surface area contributed by atoms with Gasteiger partial charge in [0.1, 0.15) is 11.2 Å². The Bertz CT molecular complexity index is 1250. The van der Waals surface area contributed by atoms with Gasteiger partial charge in [0.05, 0.1) is 30.9 Å². The van der Waals surface area contributed by atoms with Crippen molar-refractivity contribution in [1.82, 2.24) is 5.32 Å². The van der Waals surface area contributed by atoms with Crippen LogP contribution < -0.4 is 10.9 Å².